The van der Waals surface area contributed by atoms with Gasteiger partial charge in [0.15, 0.2) is 25.0 Å². The van der Waals surface area contributed by atoms with Crippen molar-refractivity contribution in [2.24, 2.45) is 11.5 Å². The number of amides is 3. The minimum atomic E-state index is -1.95. The minimum Gasteiger partial charge on any atom is -0.479 e. The summed E-state index contributed by atoms with van der Waals surface area (Å²) in [6.07, 6.45) is -14.5. The summed E-state index contributed by atoms with van der Waals surface area (Å²) >= 11 is 0. The largest absolute Gasteiger partial charge is 0.479 e. The van der Waals surface area contributed by atoms with Gasteiger partial charge in [0.2, 0.25) is 17.7 Å². The van der Waals surface area contributed by atoms with E-state index in [2.05, 4.69) is 16.0 Å². The Bertz CT molecular complexity index is 1010. The third-order valence-electron chi connectivity index (χ3n) is 7.40. The number of rotatable bonds is 8. The van der Waals surface area contributed by atoms with Crippen molar-refractivity contribution in [2.45, 2.75) is 126 Å². The highest BCUT2D eigenvalue weighted by Gasteiger charge is 2.55. The number of nitrogens with one attached hydrogen (secondary N) is 3. The average molecular weight is 608 g/mol. The zero-order valence-electron chi connectivity index (χ0n) is 23.8. The van der Waals surface area contributed by atoms with Crippen LogP contribution in [0.15, 0.2) is 0 Å². The molecule has 18 nitrogen and oxygen atoms in total. The van der Waals surface area contributed by atoms with Gasteiger partial charge in [-0.1, -0.05) is 0 Å². The summed E-state index contributed by atoms with van der Waals surface area (Å²) in [7, 11) is 0. The van der Waals surface area contributed by atoms with Crippen LogP contribution in [0.5, 0.6) is 0 Å². The summed E-state index contributed by atoms with van der Waals surface area (Å²) < 4.78 is 28.6. The van der Waals surface area contributed by atoms with Gasteiger partial charge in [-0.05, 0) is 13.8 Å². The van der Waals surface area contributed by atoms with Gasteiger partial charge in [0.1, 0.15) is 36.4 Å². The first-order valence-electron chi connectivity index (χ1n) is 13.4. The molecule has 3 heterocycles. The lowest BCUT2D eigenvalue weighted by Crippen LogP contribution is -2.72. The Labute approximate surface area is 241 Å². The van der Waals surface area contributed by atoms with E-state index in [0.717, 1.165) is 6.92 Å². The number of aliphatic hydroxyl groups excluding tert-OH is 3. The van der Waals surface area contributed by atoms with E-state index in [1.54, 1.807) is 0 Å². The molecule has 0 aromatic rings. The molecule has 42 heavy (non-hydrogen) atoms. The first-order chi connectivity index (χ1) is 19.5. The quantitative estimate of drug-likeness (QED) is 0.125. The second-order valence-corrected chi connectivity index (χ2v) is 10.7. The number of ether oxygens (including phenoxy) is 5. The summed E-state index contributed by atoms with van der Waals surface area (Å²) in [5.74, 6) is -3.40. The fourth-order valence-corrected chi connectivity index (χ4v) is 5.21. The van der Waals surface area contributed by atoms with Crippen LogP contribution in [-0.2, 0) is 42.9 Å². The maximum Gasteiger partial charge on any atom is 0.335 e. The zero-order valence-corrected chi connectivity index (χ0v) is 23.8. The predicted molar refractivity (Wildman–Crippen MR) is 138 cm³/mol. The number of carbonyl (C=O) groups excluding carboxylic acids is 3. The van der Waals surface area contributed by atoms with Gasteiger partial charge in [0.25, 0.3) is 0 Å². The minimum absolute atomic E-state index is 0.560. The molecule has 0 aromatic carbocycles. The van der Waals surface area contributed by atoms with Gasteiger partial charge in [0, 0.05) is 20.8 Å². The second-order valence-electron chi connectivity index (χ2n) is 10.7. The highest BCUT2D eigenvalue weighted by Crippen LogP contribution is 2.32. The average Bonchev–Trinajstić information content (AvgIpc) is 2.88. The van der Waals surface area contributed by atoms with Gasteiger partial charge in [0.05, 0.1) is 30.4 Å². The van der Waals surface area contributed by atoms with Crippen molar-refractivity contribution in [1.29, 1.82) is 0 Å². The number of nitrogens with two attached hydrogens (primary N) is 2. The van der Waals surface area contributed by atoms with E-state index in [1.807, 2.05) is 0 Å². The molecule has 0 spiro atoms. The topological polar surface area (TPSA) is 283 Å². The molecule has 0 saturated carbocycles. The van der Waals surface area contributed by atoms with Gasteiger partial charge >= 0.3 is 5.97 Å². The Morgan fingerprint density at radius 2 is 1.12 bits per heavy atom. The van der Waals surface area contributed by atoms with Crippen LogP contribution in [0.2, 0.25) is 0 Å². The van der Waals surface area contributed by atoms with E-state index in [4.69, 9.17) is 35.2 Å². The van der Waals surface area contributed by atoms with E-state index in [1.165, 1.54) is 27.7 Å². The second kappa shape index (κ2) is 13.8. The SMILES string of the molecule is CC(=O)N[C@@H]1[C@@H](O[C@@H]2O[C@@H](C(=O)O)[C@H](O[C@@H]3O[C@H](C)[C@H](N)[C@H](O)[C@H]3NC(C)=O)[C@H](O)[C@H]2NC(C)=O)[C@@H](N)[C@@H](C)O[C@H]1O. The zero-order chi connectivity index (χ0) is 31.6. The number of aliphatic carboxylic acids is 1. The monoisotopic (exact) mass is 607 g/mol. The lowest BCUT2D eigenvalue weighted by atomic mass is 9.93. The maximum atomic E-state index is 12.4. The van der Waals surface area contributed by atoms with Crippen LogP contribution in [-0.4, -0.2) is 136 Å². The molecule has 0 bridgehead atoms. The van der Waals surface area contributed by atoms with E-state index in [9.17, 15) is 39.6 Å². The van der Waals surface area contributed by atoms with Gasteiger partial charge in [-0.25, -0.2) is 4.79 Å². The van der Waals surface area contributed by atoms with Crippen LogP contribution >= 0.6 is 0 Å². The standard InChI is InChI=1S/C24H41N5O13/c1-6-11(25)16(33)13(27-8(3)30)23(39-6)41-19-17(34)14(28-9(4)31)24(42-20(19)21(35)36)40-18-12(26)7(2)38-22(37)15(18)29-10(5)32/h6-7,11-20,22-24,33-34,37H,25-26H2,1-5H3,(H,27,30)(H,28,31)(H,29,32)(H,35,36)/t6-,7-,11+,12+,13-,14-,15-,16+,17-,18+,19-,20-,22-,23+,24-/m1/s1. The molecule has 3 saturated heterocycles. The molecule has 3 aliphatic rings. The van der Waals surface area contributed by atoms with Crippen molar-refractivity contribution < 1.29 is 63.3 Å². The highest BCUT2D eigenvalue weighted by atomic mass is 16.7. The van der Waals surface area contributed by atoms with Gasteiger partial charge in [-0.15, -0.1) is 0 Å². The number of carboxylic acid groups (broad SMARTS) is 1. The fraction of sp³-hybridized carbons (Fsp3) is 0.833. The summed E-state index contributed by atoms with van der Waals surface area (Å²) in [4.78, 5) is 48.1. The smallest absolute Gasteiger partial charge is 0.335 e. The van der Waals surface area contributed by atoms with Crippen LogP contribution in [0, 0.1) is 0 Å². The molecule has 15 atom stereocenters. The first kappa shape index (κ1) is 34.0. The Kier molecular flexibility index (Phi) is 11.2. The Morgan fingerprint density at radius 1 is 0.667 bits per heavy atom. The molecular formula is C24H41N5O13. The normalized spacial score (nSPS) is 44.1. The van der Waals surface area contributed by atoms with E-state index >= 15 is 0 Å². The fourth-order valence-electron chi connectivity index (χ4n) is 5.21. The van der Waals surface area contributed by atoms with Crippen LogP contribution in [0.1, 0.15) is 34.6 Å². The molecule has 3 fully saturated rings. The Balaban J connectivity index is 1.94. The molecule has 0 unspecified atom stereocenters. The summed E-state index contributed by atoms with van der Waals surface area (Å²) in [5.41, 5.74) is 12.2. The van der Waals surface area contributed by atoms with Crippen LogP contribution < -0.4 is 27.4 Å². The van der Waals surface area contributed by atoms with Crippen molar-refractivity contribution in [3.05, 3.63) is 0 Å². The molecule has 240 valence electrons. The van der Waals surface area contributed by atoms with E-state index < -0.39 is 115 Å². The van der Waals surface area contributed by atoms with Crippen LogP contribution in [0.4, 0.5) is 0 Å². The molecule has 3 rings (SSSR count). The first-order valence-corrected chi connectivity index (χ1v) is 13.4. The molecule has 0 aromatic heterocycles. The van der Waals surface area contributed by atoms with Crippen molar-refractivity contribution in [1.82, 2.24) is 16.0 Å². The number of hydrogen-bond donors (Lipinski definition) is 9. The molecule has 0 aliphatic carbocycles. The van der Waals surface area contributed by atoms with Gasteiger partial charge in [-0.2, -0.15) is 0 Å². The summed E-state index contributed by atoms with van der Waals surface area (Å²) in [5, 5.41) is 49.9. The van der Waals surface area contributed by atoms with Gasteiger partial charge in [-0.3, -0.25) is 14.4 Å². The maximum absolute atomic E-state index is 12.4. The predicted octanol–water partition coefficient (Wildman–Crippen LogP) is -5.06. The third-order valence-corrected chi connectivity index (χ3v) is 7.40. The third kappa shape index (κ3) is 7.51. The van der Waals surface area contributed by atoms with Crippen molar-refractivity contribution in [3.63, 3.8) is 0 Å². The lowest BCUT2D eigenvalue weighted by Gasteiger charge is -2.49. The molecule has 18 heteroatoms. The van der Waals surface area contributed by atoms with Crippen molar-refractivity contribution in [3.8, 4) is 0 Å². The summed E-state index contributed by atoms with van der Waals surface area (Å²) in [6.45, 7) is 6.55. The molecular weight excluding hydrogens is 566 g/mol. The van der Waals surface area contributed by atoms with Gasteiger partial charge < -0.3 is 71.5 Å². The lowest BCUT2D eigenvalue weighted by molar-refractivity contribution is -0.329. The van der Waals surface area contributed by atoms with Crippen molar-refractivity contribution in [2.75, 3.05) is 0 Å². The number of carbonyl (C=O) groups is 4. The molecule has 3 aliphatic heterocycles. The Hall–Kier alpha value is -2.52. The van der Waals surface area contributed by atoms with E-state index in [-0.39, 0.29) is 0 Å². The number of aliphatic hydroxyl groups is 3. The summed E-state index contributed by atoms with van der Waals surface area (Å²) in [6, 6.07) is -5.89. The molecule has 0 radical (unpaired) electrons. The highest BCUT2D eigenvalue weighted by molar-refractivity contribution is 5.75. The van der Waals surface area contributed by atoms with Crippen LogP contribution in [0.3, 0.4) is 0 Å². The number of carboxylic acids is 1. The Morgan fingerprint density at radius 3 is 1.64 bits per heavy atom. The molecule has 11 N–H and O–H groups in total. The number of hydrogen-bond acceptors (Lipinski definition) is 14. The van der Waals surface area contributed by atoms with Crippen molar-refractivity contribution >= 4 is 23.7 Å². The molecule has 3 amide bonds. The van der Waals surface area contributed by atoms with E-state index in [0.29, 0.717) is 0 Å². The van der Waals surface area contributed by atoms with Crippen LogP contribution in [0.25, 0.3) is 0 Å².